The number of fused-ring (bicyclic) bond motifs is 1. The summed E-state index contributed by atoms with van der Waals surface area (Å²) in [5, 5.41) is 13.3. The average molecular weight is 570 g/mol. The molecule has 2 aromatic heterocycles. The van der Waals surface area contributed by atoms with Crippen molar-refractivity contribution in [2.75, 3.05) is 11.1 Å². The van der Waals surface area contributed by atoms with Crippen molar-refractivity contribution in [2.45, 2.75) is 45.5 Å². The first-order valence-corrected chi connectivity index (χ1v) is 14.8. The Morgan fingerprint density at radius 1 is 1.07 bits per heavy atom. The third-order valence-electron chi connectivity index (χ3n) is 6.50. The summed E-state index contributed by atoms with van der Waals surface area (Å²) in [5.41, 5.74) is 6.35. The zero-order valence-corrected chi connectivity index (χ0v) is 24.6. The summed E-state index contributed by atoms with van der Waals surface area (Å²) in [6.07, 6.45) is 1.46. The molecule has 1 N–H and O–H groups in total. The first-order valence-electron chi connectivity index (χ1n) is 13.0. The number of thioether (sulfide) groups is 1. The third kappa shape index (κ3) is 6.26. The van der Waals surface area contributed by atoms with Crippen molar-refractivity contribution in [3.05, 3.63) is 95.8 Å². The summed E-state index contributed by atoms with van der Waals surface area (Å²) in [6.45, 7) is 12.5. The van der Waals surface area contributed by atoms with E-state index in [-0.39, 0.29) is 17.8 Å². The Balaban J connectivity index is 1.21. The van der Waals surface area contributed by atoms with Gasteiger partial charge in [-0.25, -0.2) is 4.98 Å². The number of ether oxygens (including phenoxy) is 1. The predicted octanol–water partition coefficient (Wildman–Crippen LogP) is 7.54. The number of hydrogen-bond donors (Lipinski definition) is 1. The molecule has 0 aliphatic rings. The quantitative estimate of drug-likeness (QED) is 0.138. The lowest BCUT2D eigenvalue weighted by atomic mass is 10.1. The molecule has 1 amide bonds. The first kappa shape index (κ1) is 27.6. The van der Waals surface area contributed by atoms with Crippen LogP contribution in [0, 0.1) is 20.8 Å². The summed E-state index contributed by atoms with van der Waals surface area (Å²) in [7, 11) is 0. The number of carbonyl (C=O) groups excluding carboxylic acids is 1. The number of benzene rings is 3. The van der Waals surface area contributed by atoms with E-state index in [1.165, 1.54) is 33.2 Å². The lowest BCUT2D eigenvalue weighted by Crippen LogP contribution is -2.15. The second-order valence-corrected chi connectivity index (χ2v) is 11.6. The molecule has 0 aliphatic heterocycles. The number of aromatic nitrogens is 4. The standard InChI is InChI=1S/C31H31N5O2S2/c1-6-15-36-29(22(5)38-25-13-8-20(3)21(4)17-25)34-35-31(36)39-18-28(37)32-24-11-9-23(10-12-24)30-33-26-14-7-19(2)16-27(26)40-30/h6-14,16-17,22H,1,15,18H2,2-5H3,(H,32,37). The van der Waals surface area contributed by atoms with E-state index >= 15 is 0 Å². The maximum absolute atomic E-state index is 12.8. The number of nitrogens with one attached hydrogen (secondary N) is 1. The molecule has 3 aromatic carbocycles. The van der Waals surface area contributed by atoms with Gasteiger partial charge >= 0.3 is 0 Å². The smallest absolute Gasteiger partial charge is 0.234 e. The van der Waals surface area contributed by atoms with Crippen molar-refractivity contribution < 1.29 is 9.53 Å². The zero-order chi connectivity index (χ0) is 28.2. The number of rotatable bonds is 10. The molecular weight excluding hydrogens is 539 g/mol. The molecule has 204 valence electrons. The van der Waals surface area contributed by atoms with Crippen molar-refractivity contribution >= 4 is 44.9 Å². The van der Waals surface area contributed by atoms with Crippen LogP contribution >= 0.6 is 23.1 Å². The van der Waals surface area contributed by atoms with Crippen molar-refractivity contribution in [1.82, 2.24) is 19.7 Å². The van der Waals surface area contributed by atoms with Crippen molar-refractivity contribution in [3.8, 4) is 16.3 Å². The van der Waals surface area contributed by atoms with E-state index in [1.54, 1.807) is 17.4 Å². The molecule has 1 atom stereocenters. The summed E-state index contributed by atoms with van der Waals surface area (Å²) < 4.78 is 9.26. The highest BCUT2D eigenvalue weighted by Gasteiger charge is 2.20. The van der Waals surface area contributed by atoms with Gasteiger partial charge in [-0.1, -0.05) is 30.0 Å². The molecule has 5 rings (SSSR count). The Hall–Kier alpha value is -3.95. The average Bonchev–Trinajstić information content (AvgIpc) is 3.54. The maximum atomic E-state index is 12.8. The number of anilines is 1. The van der Waals surface area contributed by atoms with Gasteiger partial charge in [-0.2, -0.15) is 0 Å². The minimum absolute atomic E-state index is 0.123. The summed E-state index contributed by atoms with van der Waals surface area (Å²) >= 11 is 3.00. The van der Waals surface area contributed by atoms with Gasteiger partial charge in [0.15, 0.2) is 17.1 Å². The van der Waals surface area contributed by atoms with Crippen LogP contribution in [0.25, 0.3) is 20.8 Å². The minimum atomic E-state index is -0.323. The third-order valence-corrected chi connectivity index (χ3v) is 8.54. The Kier molecular flexibility index (Phi) is 8.32. The normalized spacial score (nSPS) is 11.9. The van der Waals surface area contributed by atoms with E-state index in [0.29, 0.717) is 17.5 Å². The number of carbonyl (C=O) groups is 1. The van der Waals surface area contributed by atoms with Gasteiger partial charge in [0.05, 0.1) is 16.0 Å². The van der Waals surface area contributed by atoms with Gasteiger partial charge in [0.2, 0.25) is 5.91 Å². The SMILES string of the molecule is C=CCn1c(SCC(=O)Nc2ccc(-c3nc4ccc(C)cc4s3)cc2)nnc1C(C)Oc1ccc(C)c(C)c1. The molecule has 7 nitrogen and oxygen atoms in total. The van der Waals surface area contributed by atoms with Gasteiger partial charge in [0.25, 0.3) is 0 Å². The van der Waals surface area contributed by atoms with Crippen molar-refractivity contribution in [2.24, 2.45) is 0 Å². The number of amides is 1. The van der Waals surface area contributed by atoms with Crippen LogP contribution in [0.5, 0.6) is 5.75 Å². The highest BCUT2D eigenvalue weighted by atomic mass is 32.2. The van der Waals surface area contributed by atoms with Gasteiger partial charge in [-0.05, 0) is 92.9 Å². The van der Waals surface area contributed by atoms with E-state index in [0.717, 1.165) is 27.5 Å². The van der Waals surface area contributed by atoms with Crippen LogP contribution < -0.4 is 10.1 Å². The fourth-order valence-corrected chi connectivity index (χ4v) is 6.06. The van der Waals surface area contributed by atoms with E-state index in [2.05, 4.69) is 55.0 Å². The Morgan fingerprint density at radius 2 is 1.88 bits per heavy atom. The predicted molar refractivity (Wildman–Crippen MR) is 164 cm³/mol. The van der Waals surface area contributed by atoms with Gasteiger partial charge in [-0.15, -0.1) is 28.1 Å². The van der Waals surface area contributed by atoms with Crippen LogP contribution in [0.1, 0.15) is 35.5 Å². The van der Waals surface area contributed by atoms with Crippen LogP contribution in [-0.4, -0.2) is 31.4 Å². The van der Waals surface area contributed by atoms with E-state index in [4.69, 9.17) is 9.72 Å². The first-order chi connectivity index (χ1) is 19.3. The number of thiazole rings is 1. The molecular formula is C31H31N5O2S2. The lowest BCUT2D eigenvalue weighted by molar-refractivity contribution is -0.113. The largest absolute Gasteiger partial charge is 0.483 e. The topological polar surface area (TPSA) is 81.9 Å². The fraction of sp³-hybridized carbons (Fsp3) is 0.226. The van der Waals surface area contributed by atoms with Crippen LogP contribution in [0.2, 0.25) is 0 Å². The summed E-state index contributed by atoms with van der Waals surface area (Å²) in [6, 6.07) is 20.1. The van der Waals surface area contributed by atoms with E-state index in [1.807, 2.05) is 60.0 Å². The van der Waals surface area contributed by atoms with Gasteiger partial charge < -0.3 is 10.1 Å². The highest BCUT2D eigenvalue weighted by Crippen LogP contribution is 2.31. The molecule has 9 heteroatoms. The lowest BCUT2D eigenvalue weighted by Gasteiger charge is -2.16. The molecule has 0 fully saturated rings. The van der Waals surface area contributed by atoms with Crippen LogP contribution in [0.15, 0.2) is 78.5 Å². The number of hydrogen-bond acceptors (Lipinski definition) is 7. The summed E-state index contributed by atoms with van der Waals surface area (Å²) in [5.74, 6) is 1.53. The summed E-state index contributed by atoms with van der Waals surface area (Å²) in [4.78, 5) is 17.5. The molecule has 40 heavy (non-hydrogen) atoms. The molecule has 1 unspecified atom stereocenters. The zero-order valence-electron chi connectivity index (χ0n) is 23.0. The number of allylic oxidation sites excluding steroid dienone is 1. The van der Waals surface area contributed by atoms with Gasteiger partial charge in [0, 0.05) is 17.8 Å². The van der Waals surface area contributed by atoms with E-state index in [9.17, 15) is 4.79 Å². The molecule has 0 saturated carbocycles. The van der Waals surface area contributed by atoms with Crippen LogP contribution in [0.4, 0.5) is 5.69 Å². The minimum Gasteiger partial charge on any atom is -0.483 e. The molecule has 0 saturated heterocycles. The number of nitrogens with zero attached hydrogens (tertiary/aromatic N) is 4. The molecule has 2 heterocycles. The monoisotopic (exact) mass is 569 g/mol. The number of aryl methyl sites for hydroxylation is 3. The molecule has 0 bridgehead atoms. The van der Waals surface area contributed by atoms with Crippen molar-refractivity contribution in [1.29, 1.82) is 0 Å². The van der Waals surface area contributed by atoms with Crippen LogP contribution in [0.3, 0.4) is 0 Å². The fourth-order valence-electron chi connectivity index (χ4n) is 4.23. The van der Waals surface area contributed by atoms with Gasteiger partial charge in [-0.3, -0.25) is 9.36 Å². The van der Waals surface area contributed by atoms with E-state index < -0.39 is 0 Å². The Morgan fingerprint density at radius 3 is 2.62 bits per heavy atom. The molecule has 5 aromatic rings. The Labute approximate surface area is 242 Å². The van der Waals surface area contributed by atoms with Crippen LogP contribution in [-0.2, 0) is 11.3 Å². The second-order valence-electron chi connectivity index (χ2n) is 9.65. The maximum Gasteiger partial charge on any atom is 0.234 e. The second kappa shape index (κ2) is 12.1. The molecule has 0 aliphatic carbocycles. The highest BCUT2D eigenvalue weighted by molar-refractivity contribution is 7.99. The molecule has 0 spiro atoms. The van der Waals surface area contributed by atoms with Gasteiger partial charge in [0.1, 0.15) is 10.8 Å². The van der Waals surface area contributed by atoms with Crippen molar-refractivity contribution in [3.63, 3.8) is 0 Å². The Bertz CT molecular complexity index is 1670. The molecule has 0 radical (unpaired) electrons.